The van der Waals surface area contributed by atoms with Gasteiger partial charge in [0.1, 0.15) is 5.75 Å². The number of hydrogen-bond acceptors (Lipinski definition) is 4. The molecule has 0 bridgehead atoms. The van der Waals surface area contributed by atoms with Gasteiger partial charge in [0, 0.05) is 4.88 Å². The van der Waals surface area contributed by atoms with Crippen LogP contribution in [0.1, 0.15) is 33.1 Å². The van der Waals surface area contributed by atoms with Crippen LogP contribution in [0.25, 0.3) is 0 Å². The fourth-order valence-electron chi connectivity index (χ4n) is 2.28. The first kappa shape index (κ1) is 14.6. The molecule has 0 saturated carbocycles. The van der Waals surface area contributed by atoms with E-state index in [1.54, 1.807) is 0 Å². The van der Waals surface area contributed by atoms with Crippen LogP contribution in [0.3, 0.4) is 0 Å². The number of benzene rings is 1. The average molecular weight is 316 g/mol. The van der Waals surface area contributed by atoms with Gasteiger partial charge in [-0.1, -0.05) is 6.07 Å². The van der Waals surface area contributed by atoms with Gasteiger partial charge < -0.3 is 15.4 Å². The normalized spacial score (nSPS) is 14.5. The Labute approximate surface area is 132 Å². The summed E-state index contributed by atoms with van der Waals surface area (Å²) in [6, 6.07) is 9.11. The third kappa shape index (κ3) is 2.96. The number of ether oxygens (including phenoxy) is 1. The number of carbonyl (C=O) groups is 2. The van der Waals surface area contributed by atoms with Crippen LogP contribution >= 0.6 is 11.3 Å². The van der Waals surface area contributed by atoms with Gasteiger partial charge >= 0.3 is 0 Å². The van der Waals surface area contributed by atoms with Gasteiger partial charge in [-0.25, -0.2) is 0 Å². The maximum atomic E-state index is 12.2. The first-order chi connectivity index (χ1) is 10.5. The third-order valence-corrected chi connectivity index (χ3v) is 4.45. The van der Waals surface area contributed by atoms with Crippen molar-refractivity contribution in [2.24, 2.45) is 0 Å². The lowest BCUT2D eigenvalue weighted by molar-refractivity contribution is -0.118. The minimum absolute atomic E-state index is 0.0381. The van der Waals surface area contributed by atoms with E-state index in [4.69, 9.17) is 4.74 Å². The van der Waals surface area contributed by atoms with Gasteiger partial charge in [0.2, 0.25) is 0 Å². The highest BCUT2D eigenvalue weighted by Gasteiger charge is 2.18. The number of hydrogen-bond donors (Lipinski definition) is 2. The van der Waals surface area contributed by atoms with Crippen molar-refractivity contribution in [1.82, 2.24) is 5.32 Å². The summed E-state index contributed by atoms with van der Waals surface area (Å²) < 4.78 is 5.33. The van der Waals surface area contributed by atoms with E-state index in [-0.39, 0.29) is 24.5 Å². The van der Waals surface area contributed by atoms with Crippen LogP contribution in [-0.4, -0.2) is 18.4 Å². The Morgan fingerprint density at radius 2 is 2.18 bits per heavy atom. The number of thiophene rings is 1. The van der Waals surface area contributed by atoms with Crippen LogP contribution < -0.4 is 15.4 Å². The minimum atomic E-state index is -0.171. The lowest BCUT2D eigenvalue weighted by atomic mass is 10.1. The molecule has 6 heteroatoms. The molecule has 0 saturated heterocycles. The molecule has 0 fully saturated rings. The maximum Gasteiger partial charge on any atom is 0.262 e. The summed E-state index contributed by atoms with van der Waals surface area (Å²) in [6.45, 7) is 3.92. The second-order valence-electron chi connectivity index (χ2n) is 5.20. The van der Waals surface area contributed by atoms with E-state index in [1.807, 2.05) is 44.2 Å². The van der Waals surface area contributed by atoms with Crippen molar-refractivity contribution < 1.29 is 14.3 Å². The summed E-state index contributed by atoms with van der Waals surface area (Å²) in [7, 11) is 0. The van der Waals surface area contributed by atoms with E-state index in [2.05, 4.69) is 10.6 Å². The molecule has 0 radical (unpaired) electrons. The summed E-state index contributed by atoms with van der Waals surface area (Å²) in [5.41, 5.74) is 1.55. The molecule has 114 valence electrons. The molecular weight excluding hydrogens is 300 g/mol. The SMILES string of the molecule is Cc1ccc(C(=O)N[C@@H](C)c2ccc3c(c2)NC(=O)CO3)s1. The first-order valence-electron chi connectivity index (χ1n) is 6.97. The Kier molecular flexibility index (Phi) is 3.85. The van der Waals surface area contributed by atoms with Gasteiger partial charge in [-0.2, -0.15) is 0 Å². The summed E-state index contributed by atoms with van der Waals surface area (Å²) in [5.74, 6) is 0.384. The topological polar surface area (TPSA) is 67.4 Å². The zero-order chi connectivity index (χ0) is 15.7. The molecule has 22 heavy (non-hydrogen) atoms. The van der Waals surface area contributed by atoms with Crippen LogP contribution in [0.4, 0.5) is 5.69 Å². The van der Waals surface area contributed by atoms with Crippen molar-refractivity contribution in [1.29, 1.82) is 0 Å². The smallest absolute Gasteiger partial charge is 0.262 e. The molecule has 1 aromatic carbocycles. The molecule has 1 aliphatic heterocycles. The van der Waals surface area contributed by atoms with Gasteiger partial charge in [0.25, 0.3) is 11.8 Å². The second kappa shape index (κ2) is 5.81. The molecule has 3 rings (SSSR count). The molecule has 0 spiro atoms. The highest BCUT2D eigenvalue weighted by Crippen LogP contribution is 2.30. The number of aryl methyl sites for hydroxylation is 1. The molecule has 2 amide bonds. The van der Waals surface area contributed by atoms with E-state index in [0.717, 1.165) is 10.4 Å². The van der Waals surface area contributed by atoms with E-state index in [0.29, 0.717) is 16.3 Å². The molecule has 2 aromatic rings. The van der Waals surface area contributed by atoms with Crippen molar-refractivity contribution >= 4 is 28.8 Å². The Morgan fingerprint density at radius 1 is 1.36 bits per heavy atom. The zero-order valence-corrected chi connectivity index (χ0v) is 13.1. The summed E-state index contributed by atoms with van der Waals surface area (Å²) in [6.07, 6.45) is 0. The molecule has 2 heterocycles. The molecule has 5 nitrogen and oxygen atoms in total. The van der Waals surface area contributed by atoms with Crippen molar-refractivity contribution in [3.05, 3.63) is 45.6 Å². The third-order valence-electron chi connectivity index (χ3n) is 3.45. The molecule has 1 atom stereocenters. The summed E-state index contributed by atoms with van der Waals surface area (Å²) >= 11 is 1.47. The van der Waals surface area contributed by atoms with Crippen LogP contribution in [0.15, 0.2) is 30.3 Å². The van der Waals surface area contributed by atoms with Crippen molar-refractivity contribution in [3.8, 4) is 5.75 Å². The molecule has 1 aliphatic rings. The van der Waals surface area contributed by atoms with Gasteiger partial charge in [0.05, 0.1) is 16.6 Å². The molecule has 0 aliphatic carbocycles. The van der Waals surface area contributed by atoms with E-state index < -0.39 is 0 Å². The van der Waals surface area contributed by atoms with Crippen molar-refractivity contribution in [2.75, 3.05) is 11.9 Å². The average Bonchev–Trinajstić information content (AvgIpc) is 2.93. The number of carbonyl (C=O) groups excluding carboxylic acids is 2. The van der Waals surface area contributed by atoms with Crippen molar-refractivity contribution in [3.63, 3.8) is 0 Å². The number of nitrogens with one attached hydrogen (secondary N) is 2. The van der Waals surface area contributed by atoms with Crippen LogP contribution in [-0.2, 0) is 4.79 Å². The highest BCUT2D eigenvalue weighted by atomic mass is 32.1. The van der Waals surface area contributed by atoms with Crippen LogP contribution in [0, 0.1) is 6.92 Å². The molecule has 2 N–H and O–H groups in total. The van der Waals surface area contributed by atoms with Gasteiger partial charge in [-0.15, -0.1) is 11.3 Å². The quantitative estimate of drug-likeness (QED) is 0.915. The predicted octanol–water partition coefficient (Wildman–Crippen LogP) is 2.88. The maximum absolute atomic E-state index is 12.2. The lowest BCUT2D eigenvalue weighted by Crippen LogP contribution is -2.27. The number of rotatable bonds is 3. The predicted molar refractivity (Wildman–Crippen MR) is 85.5 cm³/mol. The summed E-state index contributed by atoms with van der Waals surface area (Å²) in [4.78, 5) is 25.4. The molecule has 1 aromatic heterocycles. The number of amides is 2. The standard InChI is InChI=1S/C16H16N2O3S/c1-9-3-6-14(22-9)16(20)17-10(2)11-4-5-13-12(7-11)18-15(19)8-21-13/h3-7,10H,8H2,1-2H3,(H,17,20)(H,18,19)/t10-/m0/s1. The van der Waals surface area contributed by atoms with E-state index in [1.165, 1.54) is 11.3 Å². The Hall–Kier alpha value is -2.34. The Bertz CT molecular complexity index is 739. The van der Waals surface area contributed by atoms with Gasteiger partial charge in [-0.05, 0) is 43.7 Å². The molecular formula is C16H16N2O3S. The van der Waals surface area contributed by atoms with Crippen LogP contribution in [0.5, 0.6) is 5.75 Å². The minimum Gasteiger partial charge on any atom is -0.482 e. The highest BCUT2D eigenvalue weighted by molar-refractivity contribution is 7.13. The van der Waals surface area contributed by atoms with Gasteiger partial charge in [0.15, 0.2) is 6.61 Å². The van der Waals surface area contributed by atoms with Crippen molar-refractivity contribution in [2.45, 2.75) is 19.9 Å². The second-order valence-corrected chi connectivity index (χ2v) is 6.49. The fraction of sp³-hybridized carbons (Fsp3) is 0.250. The van der Waals surface area contributed by atoms with E-state index in [9.17, 15) is 9.59 Å². The number of anilines is 1. The first-order valence-corrected chi connectivity index (χ1v) is 7.78. The van der Waals surface area contributed by atoms with Gasteiger partial charge in [-0.3, -0.25) is 9.59 Å². The Morgan fingerprint density at radius 3 is 2.91 bits per heavy atom. The molecule has 0 unspecified atom stereocenters. The fourth-order valence-corrected chi connectivity index (χ4v) is 3.05. The lowest BCUT2D eigenvalue weighted by Gasteiger charge is -2.20. The Balaban J connectivity index is 1.75. The largest absolute Gasteiger partial charge is 0.482 e. The monoisotopic (exact) mass is 316 g/mol. The van der Waals surface area contributed by atoms with E-state index >= 15 is 0 Å². The summed E-state index contributed by atoms with van der Waals surface area (Å²) in [5, 5.41) is 5.73. The number of fused-ring (bicyclic) bond motifs is 1. The van der Waals surface area contributed by atoms with Crippen LogP contribution in [0.2, 0.25) is 0 Å². The zero-order valence-electron chi connectivity index (χ0n) is 12.3.